The van der Waals surface area contributed by atoms with Crippen molar-refractivity contribution in [2.24, 2.45) is 5.92 Å². The van der Waals surface area contributed by atoms with Gasteiger partial charge in [0, 0.05) is 19.5 Å². The number of nitrogens with zero attached hydrogens (tertiary/aromatic N) is 3. The van der Waals surface area contributed by atoms with Gasteiger partial charge in [0.1, 0.15) is 5.60 Å². The molecule has 2 N–H and O–H groups in total. The molecule has 0 bridgehead atoms. The number of rotatable bonds is 7. The molecule has 1 heterocycles. The van der Waals surface area contributed by atoms with Crippen LogP contribution in [0.5, 0.6) is 0 Å². The van der Waals surface area contributed by atoms with Crippen LogP contribution in [0.3, 0.4) is 0 Å². The molecular formula is C15H26N4O4. The molecule has 1 unspecified atom stereocenters. The number of carboxylic acids is 1. The summed E-state index contributed by atoms with van der Waals surface area (Å²) in [5.41, 5.74) is -0.135. The number of nitrogens with one attached hydrogen (secondary N) is 1. The Morgan fingerprint density at radius 2 is 2.04 bits per heavy atom. The minimum Gasteiger partial charge on any atom is -0.476 e. The minimum atomic E-state index is -1.12. The molecule has 0 aliphatic rings. The second-order valence-corrected chi connectivity index (χ2v) is 6.56. The molecule has 0 aromatic carbocycles. The first kappa shape index (κ1) is 18.9. The summed E-state index contributed by atoms with van der Waals surface area (Å²) in [5, 5.41) is 19.5. The zero-order valence-corrected chi connectivity index (χ0v) is 14.4. The van der Waals surface area contributed by atoms with E-state index in [0.29, 0.717) is 24.6 Å². The average Bonchev–Trinajstić information content (AvgIpc) is 2.79. The third kappa shape index (κ3) is 6.25. The lowest BCUT2D eigenvalue weighted by Gasteiger charge is -2.19. The molecule has 0 saturated carbocycles. The largest absolute Gasteiger partial charge is 0.476 e. The highest BCUT2D eigenvalue weighted by Crippen LogP contribution is 2.11. The highest BCUT2D eigenvalue weighted by molar-refractivity contribution is 5.86. The van der Waals surface area contributed by atoms with E-state index in [1.54, 1.807) is 25.5 Å². The summed E-state index contributed by atoms with van der Waals surface area (Å²) in [6.07, 6.45) is 0.748. The SMILES string of the molecule is CCC(C)Cn1nnc(C(=O)O)c1CCNC(=O)OC(C)(C)C. The van der Waals surface area contributed by atoms with Crippen molar-refractivity contribution in [1.82, 2.24) is 20.3 Å². The standard InChI is InChI=1S/C15H26N4O4/c1-6-10(2)9-19-11(12(13(20)21)17-18-19)7-8-16-14(22)23-15(3,4)5/h10H,6-9H2,1-5H3,(H,16,22)(H,20,21). The topological polar surface area (TPSA) is 106 Å². The van der Waals surface area contributed by atoms with Crippen LogP contribution >= 0.6 is 0 Å². The second-order valence-electron chi connectivity index (χ2n) is 6.56. The Morgan fingerprint density at radius 3 is 2.57 bits per heavy atom. The predicted octanol–water partition coefficient (Wildman–Crippen LogP) is 2.09. The first-order valence-electron chi connectivity index (χ1n) is 7.76. The first-order valence-corrected chi connectivity index (χ1v) is 7.76. The quantitative estimate of drug-likeness (QED) is 0.794. The summed E-state index contributed by atoms with van der Waals surface area (Å²) < 4.78 is 6.75. The highest BCUT2D eigenvalue weighted by atomic mass is 16.6. The smallest absolute Gasteiger partial charge is 0.407 e. The maximum atomic E-state index is 11.6. The fourth-order valence-electron chi connectivity index (χ4n) is 1.91. The van der Waals surface area contributed by atoms with Gasteiger partial charge < -0.3 is 15.2 Å². The van der Waals surface area contributed by atoms with Gasteiger partial charge in [0.2, 0.25) is 0 Å². The van der Waals surface area contributed by atoms with Gasteiger partial charge >= 0.3 is 12.1 Å². The molecule has 1 rings (SSSR count). The normalized spacial score (nSPS) is 12.7. The van der Waals surface area contributed by atoms with Crippen molar-refractivity contribution in [2.75, 3.05) is 6.54 Å². The van der Waals surface area contributed by atoms with Crippen molar-refractivity contribution in [2.45, 2.75) is 59.6 Å². The number of alkyl carbamates (subject to hydrolysis) is 1. The predicted molar refractivity (Wildman–Crippen MR) is 84.4 cm³/mol. The zero-order valence-electron chi connectivity index (χ0n) is 14.4. The van der Waals surface area contributed by atoms with Crippen LogP contribution in [0.25, 0.3) is 0 Å². The van der Waals surface area contributed by atoms with Gasteiger partial charge in [0.15, 0.2) is 5.69 Å². The Labute approximate surface area is 136 Å². The molecule has 1 aromatic heterocycles. The second kappa shape index (κ2) is 7.94. The molecule has 8 nitrogen and oxygen atoms in total. The highest BCUT2D eigenvalue weighted by Gasteiger charge is 2.20. The molecule has 8 heteroatoms. The van der Waals surface area contributed by atoms with Crippen LogP contribution in [-0.2, 0) is 17.7 Å². The van der Waals surface area contributed by atoms with Gasteiger partial charge in [0.05, 0.1) is 5.69 Å². The van der Waals surface area contributed by atoms with E-state index in [2.05, 4.69) is 29.5 Å². The maximum absolute atomic E-state index is 11.6. The number of carboxylic acid groups (broad SMARTS) is 1. The van der Waals surface area contributed by atoms with Gasteiger partial charge in [0.25, 0.3) is 0 Å². The summed E-state index contributed by atoms with van der Waals surface area (Å²) in [7, 11) is 0. The van der Waals surface area contributed by atoms with Crippen molar-refractivity contribution in [3.63, 3.8) is 0 Å². The van der Waals surface area contributed by atoms with Crippen LogP contribution in [-0.4, -0.2) is 44.3 Å². The van der Waals surface area contributed by atoms with E-state index in [9.17, 15) is 14.7 Å². The fourth-order valence-corrected chi connectivity index (χ4v) is 1.91. The van der Waals surface area contributed by atoms with Gasteiger partial charge in [-0.3, -0.25) is 0 Å². The lowest BCUT2D eigenvalue weighted by atomic mass is 10.1. The van der Waals surface area contributed by atoms with Crippen LogP contribution in [0, 0.1) is 5.92 Å². The van der Waals surface area contributed by atoms with Crippen LogP contribution < -0.4 is 5.32 Å². The average molecular weight is 326 g/mol. The van der Waals surface area contributed by atoms with Crippen LogP contribution in [0.4, 0.5) is 4.79 Å². The van der Waals surface area contributed by atoms with Gasteiger partial charge in [-0.15, -0.1) is 5.10 Å². The number of carbonyl (C=O) groups excluding carboxylic acids is 1. The van der Waals surface area contributed by atoms with Gasteiger partial charge in [-0.2, -0.15) is 0 Å². The summed E-state index contributed by atoms with van der Waals surface area (Å²) in [6.45, 7) is 10.3. The molecule has 0 aliphatic carbocycles. The van der Waals surface area contributed by atoms with E-state index in [4.69, 9.17) is 4.74 Å². The minimum absolute atomic E-state index is 0.0701. The number of hydrogen-bond donors (Lipinski definition) is 2. The van der Waals surface area contributed by atoms with Crippen LogP contribution in [0.1, 0.15) is 57.2 Å². The monoisotopic (exact) mass is 326 g/mol. The molecule has 0 aliphatic heterocycles. The Kier molecular flexibility index (Phi) is 6.53. The van der Waals surface area contributed by atoms with E-state index < -0.39 is 17.7 Å². The first-order chi connectivity index (χ1) is 10.6. The molecule has 23 heavy (non-hydrogen) atoms. The molecule has 1 atom stereocenters. The van der Waals surface area contributed by atoms with Crippen molar-refractivity contribution in [1.29, 1.82) is 0 Å². The van der Waals surface area contributed by atoms with Gasteiger partial charge in [-0.1, -0.05) is 25.5 Å². The molecule has 0 spiro atoms. The van der Waals surface area contributed by atoms with E-state index in [1.807, 2.05) is 0 Å². The number of ether oxygens (including phenoxy) is 1. The van der Waals surface area contributed by atoms with E-state index in [-0.39, 0.29) is 12.2 Å². The number of aromatic nitrogens is 3. The third-order valence-electron chi connectivity index (χ3n) is 3.25. The molecule has 1 amide bonds. The van der Waals surface area contributed by atoms with Gasteiger partial charge in [-0.25, -0.2) is 14.3 Å². The molecule has 0 fully saturated rings. The van der Waals surface area contributed by atoms with E-state index >= 15 is 0 Å². The van der Waals surface area contributed by atoms with Gasteiger partial charge in [-0.05, 0) is 26.7 Å². The van der Waals surface area contributed by atoms with Crippen molar-refractivity contribution < 1.29 is 19.4 Å². The Bertz CT molecular complexity index is 548. The fraction of sp³-hybridized carbons (Fsp3) is 0.733. The summed E-state index contributed by atoms with van der Waals surface area (Å²) in [5.74, 6) is -0.761. The molecule has 0 saturated heterocycles. The molecular weight excluding hydrogens is 300 g/mol. The lowest BCUT2D eigenvalue weighted by molar-refractivity contribution is 0.0528. The number of hydrogen-bond acceptors (Lipinski definition) is 5. The number of amides is 1. The van der Waals surface area contributed by atoms with Crippen molar-refractivity contribution in [3.8, 4) is 0 Å². The van der Waals surface area contributed by atoms with Crippen LogP contribution in [0.15, 0.2) is 0 Å². The van der Waals surface area contributed by atoms with E-state index in [1.165, 1.54) is 0 Å². The Morgan fingerprint density at radius 1 is 1.39 bits per heavy atom. The van der Waals surface area contributed by atoms with E-state index in [0.717, 1.165) is 6.42 Å². The maximum Gasteiger partial charge on any atom is 0.407 e. The van der Waals surface area contributed by atoms with Crippen molar-refractivity contribution >= 4 is 12.1 Å². The summed E-state index contributed by atoms with van der Waals surface area (Å²) in [4.78, 5) is 22.9. The number of carbonyl (C=O) groups is 2. The summed E-state index contributed by atoms with van der Waals surface area (Å²) in [6, 6.07) is 0. The lowest BCUT2D eigenvalue weighted by Crippen LogP contribution is -2.34. The molecule has 1 aromatic rings. The molecule has 0 radical (unpaired) electrons. The molecule has 130 valence electrons. The van der Waals surface area contributed by atoms with Crippen molar-refractivity contribution in [3.05, 3.63) is 11.4 Å². The number of aromatic carboxylic acids is 1. The third-order valence-corrected chi connectivity index (χ3v) is 3.25. The Balaban J connectivity index is 2.72. The zero-order chi connectivity index (χ0) is 17.6. The van der Waals surface area contributed by atoms with Crippen LogP contribution in [0.2, 0.25) is 0 Å². The Hall–Kier alpha value is -2.12. The summed E-state index contributed by atoms with van der Waals surface area (Å²) >= 11 is 0.